The number of nitrogens with one attached hydrogen (secondary N) is 1. The van der Waals surface area contributed by atoms with Crippen LogP contribution in [0.5, 0.6) is 0 Å². The number of hydrogen-bond donors (Lipinski definition) is 1. The van der Waals surface area contributed by atoms with Gasteiger partial charge >= 0.3 is 0 Å². The molecule has 0 atom stereocenters. The second-order valence-electron chi connectivity index (χ2n) is 3.48. The summed E-state index contributed by atoms with van der Waals surface area (Å²) in [5.74, 6) is 0. The van der Waals surface area contributed by atoms with Gasteiger partial charge in [-0.3, -0.25) is 4.99 Å². The number of rotatable bonds is 4. The van der Waals surface area contributed by atoms with Crippen LogP contribution < -0.4 is 17.7 Å². The third kappa shape index (κ3) is 4.85. The first-order chi connectivity index (χ1) is 8.45. The van der Waals surface area contributed by atoms with Crippen molar-refractivity contribution in [2.75, 3.05) is 5.32 Å². The summed E-state index contributed by atoms with van der Waals surface area (Å²) in [7, 11) is 0. The fourth-order valence-corrected chi connectivity index (χ4v) is 1.36. The van der Waals surface area contributed by atoms with Gasteiger partial charge in [-0.2, -0.15) is 0 Å². The van der Waals surface area contributed by atoms with Crippen LogP contribution in [0.25, 0.3) is 0 Å². The van der Waals surface area contributed by atoms with E-state index < -0.39 is 0 Å². The van der Waals surface area contributed by atoms with Gasteiger partial charge in [-0.15, -0.1) is 0 Å². The van der Waals surface area contributed by atoms with Crippen LogP contribution in [0, 0.1) is 0 Å². The molecule has 3 heteroatoms. The topological polar surface area (TPSA) is 24.4 Å². The van der Waals surface area contributed by atoms with Crippen molar-refractivity contribution in [3.8, 4) is 0 Å². The van der Waals surface area contributed by atoms with Crippen LogP contribution in [-0.2, 0) is 0 Å². The molecule has 18 heavy (non-hydrogen) atoms. The minimum atomic E-state index is 0. The fourth-order valence-electron chi connectivity index (χ4n) is 1.36. The first-order valence-corrected chi connectivity index (χ1v) is 5.51. The Labute approximate surface area is 113 Å². The fraction of sp³-hybridized carbons (Fsp3) is 0. The second kappa shape index (κ2) is 8.09. The highest BCUT2D eigenvalue weighted by molar-refractivity contribution is 5.74. The number of aliphatic imine (C=N–C) groups is 1. The minimum Gasteiger partial charge on any atom is -1.00 e. The van der Waals surface area contributed by atoms with E-state index in [0.717, 1.165) is 11.4 Å². The van der Waals surface area contributed by atoms with Gasteiger partial charge in [0.05, 0.1) is 5.69 Å². The SMILES string of the molecule is C(=CNc1ccccc1)C=Nc1ccccc1.[Cl-]. The molecule has 0 spiro atoms. The van der Waals surface area contributed by atoms with E-state index in [1.54, 1.807) is 6.21 Å². The molecule has 0 aliphatic carbocycles. The van der Waals surface area contributed by atoms with Gasteiger partial charge in [0.15, 0.2) is 0 Å². The molecule has 0 aliphatic heterocycles. The maximum absolute atomic E-state index is 4.29. The predicted octanol–water partition coefficient (Wildman–Crippen LogP) is 1.02. The van der Waals surface area contributed by atoms with Gasteiger partial charge < -0.3 is 17.7 Å². The maximum atomic E-state index is 4.29. The Morgan fingerprint density at radius 3 is 2.11 bits per heavy atom. The lowest BCUT2D eigenvalue weighted by atomic mass is 10.3. The predicted molar refractivity (Wildman–Crippen MR) is 73.8 cm³/mol. The molecular weight excluding hydrogens is 244 g/mol. The Kier molecular flexibility index (Phi) is 6.30. The molecule has 0 fully saturated rings. The van der Waals surface area contributed by atoms with Crippen molar-refractivity contribution < 1.29 is 12.4 Å². The van der Waals surface area contributed by atoms with Crippen LogP contribution in [0.1, 0.15) is 0 Å². The van der Waals surface area contributed by atoms with Gasteiger partial charge in [0.25, 0.3) is 0 Å². The van der Waals surface area contributed by atoms with E-state index in [1.165, 1.54) is 0 Å². The number of anilines is 1. The zero-order valence-corrected chi connectivity index (χ0v) is 10.6. The highest BCUT2D eigenvalue weighted by atomic mass is 35.5. The average molecular weight is 258 g/mol. The minimum absolute atomic E-state index is 0. The normalized spacial score (nSPS) is 10.4. The average Bonchev–Trinajstić information content (AvgIpc) is 2.41. The molecule has 2 aromatic carbocycles. The van der Waals surface area contributed by atoms with Crippen molar-refractivity contribution >= 4 is 17.6 Å². The lowest BCUT2D eigenvalue weighted by Crippen LogP contribution is -3.00. The Hall–Kier alpha value is -2.06. The van der Waals surface area contributed by atoms with E-state index in [9.17, 15) is 0 Å². The van der Waals surface area contributed by atoms with E-state index in [1.807, 2.05) is 72.9 Å². The first-order valence-electron chi connectivity index (χ1n) is 5.51. The summed E-state index contributed by atoms with van der Waals surface area (Å²) in [4.78, 5) is 4.29. The number of allylic oxidation sites excluding steroid dienone is 1. The third-order valence-electron chi connectivity index (χ3n) is 2.19. The van der Waals surface area contributed by atoms with Crippen molar-refractivity contribution in [1.29, 1.82) is 0 Å². The molecule has 0 radical (unpaired) electrons. The molecule has 92 valence electrons. The Balaban J connectivity index is 0.00000162. The summed E-state index contributed by atoms with van der Waals surface area (Å²) in [6.07, 6.45) is 5.51. The van der Waals surface area contributed by atoms with E-state index >= 15 is 0 Å². The first kappa shape index (κ1) is 14.0. The number of halogens is 1. The van der Waals surface area contributed by atoms with E-state index in [0.29, 0.717) is 0 Å². The summed E-state index contributed by atoms with van der Waals surface area (Å²) in [6, 6.07) is 19.9. The number of nitrogens with zero attached hydrogens (tertiary/aromatic N) is 1. The molecule has 0 bridgehead atoms. The van der Waals surface area contributed by atoms with Crippen LogP contribution in [-0.4, -0.2) is 6.21 Å². The van der Waals surface area contributed by atoms with Crippen LogP contribution in [0.4, 0.5) is 11.4 Å². The zero-order valence-electron chi connectivity index (χ0n) is 9.83. The maximum Gasteiger partial charge on any atom is 0.0629 e. The molecule has 2 rings (SSSR count). The quantitative estimate of drug-likeness (QED) is 0.813. The van der Waals surface area contributed by atoms with Crippen molar-refractivity contribution in [2.24, 2.45) is 4.99 Å². The van der Waals surface area contributed by atoms with E-state index in [4.69, 9.17) is 0 Å². The summed E-state index contributed by atoms with van der Waals surface area (Å²) in [5.41, 5.74) is 2.02. The van der Waals surface area contributed by atoms with Crippen LogP contribution >= 0.6 is 0 Å². The number of benzene rings is 2. The van der Waals surface area contributed by atoms with Gasteiger partial charge in [0.2, 0.25) is 0 Å². The summed E-state index contributed by atoms with van der Waals surface area (Å²) >= 11 is 0. The lowest BCUT2D eigenvalue weighted by molar-refractivity contribution is -0.00000335. The molecule has 0 amide bonds. The molecule has 0 saturated heterocycles. The number of hydrogen-bond acceptors (Lipinski definition) is 2. The molecule has 2 aromatic rings. The summed E-state index contributed by atoms with van der Waals surface area (Å²) < 4.78 is 0. The van der Waals surface area contributed by atoms with Crippen LogP contribution in [0.15, 0.2) is 77.9 Å². The summed E-state index contributed by atoms with van der Waals surface area (Å²) in [6.45, 7) is 0. The monoisotopic (exact) mass is 257 g/mol. The van der Waals surface area contributed by atoms with Crippen molar-refractivity contribution in [1.82, 2.24) is 0 Å². The molecular formula is C15H14ClN2-. The third-order valence-corrected chi connectivity index (χ3v) is 2.19. The van der Waals surface area contributed by atoms with Gasteiger partial charge in [-0.05, 0) is 30.3 Å². The largest absolute Gasteiger partial charge is 1.00 e. The van der Waals surface area contributed by atoms with Crippen LogP contribution in [0.2, 0.25) is 0 Å². The van der Waals surface area contributed by atoms with E-state index in [2.05, 4.69) is 10.3 Å². The zero-order chi connectivity index (χ0) is 11.8. The van der Waals surface area contributed by atoms with Crippen molar-refractivity contribution in [3.05, 3.63) is 72.9 Å². The van der Waals surface area contributed by atoms with Gasteiger partial charge in [0, 0.05) is 18.1 Å². The highest BCUT2D eigenvalue weighted by Crippen LogP contribution is 2.08. The Bertz CT molecular complexity index is 492. The summed E-state index contributed by atoms with van der Waals surface area (Å²) in [5, 5.41) is 3.16. The number of para-hydroxylation sites is 2. The van der Waals surface area contributed by atoms with Crippen molar-refractivity contribution in [3.63, 3.8) is 0 Å². The Morgan fingerprint density at radius 1 is 0.833 bits per heavy atom. The van der Waals surface area contributed by atoms with Crippen LogP contribution in [0.3, 0.4) is 0 Å². The highest BCUT2D eigenvalue weighted by Gasteiger charge is 1.83. The molecule has 0 aliphatic rings. The molecule has 0 aromatic heterocycles. The van der Waals surface area contributed by atoms with Gasteiger partial charge in [0.1, 0.15) is 0 Å². The van der Waals surface area contributed by atoms with Gasteiger partial charge in [-0.25, -0.2) is 0 Å². The smallest absolute Gasteiger partial charge is 0.0629 e. The standard InChI is InChI=1S/C15H14N2.ClH/c1-3-8-14(9-4-1)16-12-7-13-17-15-10-5-2-6-11-15;/h1-13,16H;1H/p-1. The molecule has 2 nitrogen and oxygen atoms in total. The lowest BCUT2D eigenvalue weighted by Gasteiger charge is -1.97. The molecule has 0 unspecified atom stereocenters. The van der Waals surface area contributed by atoms with Crippen molar-refractivity contribution in [2.45, 2.75) is 0 Å². The van der Waals surface area contributed by atoms with Gasteiger partial charge in [-0.1, -0.05) is 36.4 Å². The molecule has 1 N–H and O–H groups in total. The Morgan fingerprint density at radius 2 is 1.44 bits per heavy atom. The molecule has 0 heterocycles. The molecule has 0 saturated carbocycles. The van der Waals surface area contributed by atoms with E-state index in [-0.39, 0.29) is 12.4 Å². The second-order valence-corrected chi connectivity index (χ2v) is 3.48.